The molecule has 18 heavy (non-hydrogen) atoms. The smallest absolute Gasteiger partial charge is 0.265 e. The Bertz CT molecular complexity index is 551. The number of anilines is 1. The molecule has 0 fully saturated rings. The predicted octanol–water partition coefficient (Wildman–Crippen LogP) is 3.44. The molecule has 94 valence electrons. The lowest BCUT2D eigenvalue weighted by molar-refractivity contribution is 0.103. The van der Waals surface area contributed by atoms with Crippen LogP contribution in [-0.4, -0.2) is 13.0 Å². The standard InChI is InChI=1S/C13H13NO2S2/c1-16-7-9-3-2-4-10(5-9)14-13(15)12-6-11(17)8-18-12/h2-6,8,17H,7H2,1H3,(H,14,15). The summed E-state index contributed by atoms with van der Waals surface area (Å²) < 4.78 is 5.06. The van der Waals surface area contributed by atoms with Gasteiger partial charge in [-0.1, -0.05) is 12.1 Å². The number of amides is 1. The average Bonchev–Trinajstić information content (AvgIpc) is 2.77. The van der Waals surface area contributed by atoms with Crippen LogP contribution in [0.4, 0.5) is 5.69 Å². The molecule has 0 aliphatic rings. The number of hydrogen-bond acceptors (Lipinski definition) is 4. The summed E-state index contributed by atoms with van der Waals surface area (Å²) in [5, 5.41) is 4.69. The van der Waals surface area contributed by atoms with Crippen molar-refractivity contribution in [3.05, 3.63) is 46.2 Å². The van der Waals surface area contributed by atoms with E-state index in [1.165, 1.54) is 11.3 Å². The number of carbonyl (C=O) groups is 1. The SMILES string of the molecule is COCc1cccc(NC(=O)c2cc(S)cs2)c1. The highest BCUT2D eigenvalue weighted by molar-refractivity contribution is 7.80. The van der Waals surface area contributed by atoms with Crippen LogP contribution in [0.25, 0.3) is 0 Å². The Labute approximate surface area is 115 Å². The molecule has 1 aromatic carbocycles. The van der Waals surface area contributed by atoms with Gasteiger partial charge in [-0.15, -0.1) is 24.0 Å². The molecule has 0 aliphatic heterocycles. The molecule has 0 saturated carbocycles. The topological polar surface area (TPSA) is 38.3 Å². The van der Waals surface area contributed by atoms with Gasteiger partial charge in [0.05, 0.1) is 11.5 Å². The van der Waals surface area contributed by atoms with Crippen LogP contribution in [0.1, 0.15) is 15.2 Å². The van der Waals surface area contributed by atoms with Crippen molar-refractivity contribution in [2.24, 2.45) is 0 Å². The van der Waals surface area contributed by atoms with E-state index in [4.69, 9.17) is 4.74 Å². The van der Waals surface area contributed by atoms with Crippen LogP contribution in [0.5, 0.6) is 0 Å². The third kappa shape index (κ3) is 3.35. The van der Waals surface area contributed by atoms with Crippen molar-refractivity contribution in [2.45, 2.75) is 11.5 Å². The molecule has 0 aliphatic carbocycles. The quantitative estimate of drug-likeness (QED) is 0.841. The van der Waals surface area contributed by atoms with Gasteiger partial charge in [0.15, 0.2) is 0 Å². The average molecular weight is 279 g/mol. The summed E-state index contributed by atoms with van der Waals surface area (Å²) >= 11 is 5.56. The van der Waals surface area contributed by atoms with E-state index >= 15 is 0 Å². The van der Waals surface area contributed by atoms with Crippen LogP contribution in [0.15, 0.2) is 40.6 Å². The highest BCUT2D eigenvalue weighted by Crippen LogP contribution is 2.19. The Kier molecular flexibility index (Phi) is 4.41. The van der Waals surface area contributed by atoms with Crippen LogP contribution in [0.2, 0.25) is 0 Å². The van der Waals surface area contributed by atoms with Crippen molar-refractivity contribution in [1.29, 1.82) is 0 Å². The minimum atomic E-state index is -0.116. The molecule has 0 radical (unpaired) electrons. The molecule has 2 aromatic rings. The fourth-order valence-corrected chi connectivity index (χ4v) is 2.59. The Morgan fingerprint density at radius 3 is 2.94 bits per heavy atom. The summed E-state index contributed by atoms with van der Waals surface area (Å²) in [4.78, 5) is 13.4. The number of carbonyl (C=O) groups excluding carboxylic acids is 1. The number of ether oxygens (including phenoxy) is 1. The molecular weight excluding hydrogens is 266 g/mol. The van der Waals surface area contributed by atoms with E-state index in [-0.39, 0.29) is 5.91 Å². The van der Waals surface area contributed by atoms with Crippen molar-refractivity contribution >= 4 is 35.6 Å². The van der Waals surface area contributed by atoms with Crippen LogP contribution in [0.3, 0.4) is 0 Å². The summed E-state index contributed by atoms with van der Waals surface area (Å²) in [6.07, 6.45) is 0. The second-order valence-electron chi connectivity index (χ2n) is 3.76. The van der Waals surface area contributed by atoms with Gasteiger partial charge >= 0.3 is 0 Å². The van der Waals surface area contributed by atoms with Gasteiger partial charge in [-0.25, -0.2) is 0 Å². The molecule has 1 aromatic heterocycles. The number of benzene rings is 1. The number of thiol groups is 1. The van der Waals surface area contributed by atoms with Gasteiger partial charge in [0, 0.05) is 23.1 Å². The van der Waals surface area contributed by atoms with E-state index in [0.29, 0.717) is 11.5 Å². The Morgan fingerprint density at radius 2 is 2.28 bits per heavy atom. The van der Waals surface area contributed by atoms with Gasteiger partial charge in [-0.2, -0.15) is 0 Å². The van der Waals surface area contributed by atoms with E-state index in [0.717, 1.165) is 16.1 Å². The predicted molar refractivity (Wildman–Crippen MR) is 76.7 cm³/mol. The molecule has 1 heterocycles. The van der Waals surface area contributed by atoms with E-state index in [1.54, 1.807) is 13.2 Å². The van der Waals surface area contributed by atoms with Gasteiger partial charge in [-0.3, -0.25) is 4.79 Å². The summed E-state index contributed by atoms with van der Waals surface area (Å²) in [5.41, 5.74) is 1.79. The molecule has 1 amide bonds. The second kappa shape index (κ2) is 6.04. The molecule has 0 spiro atoms. The van der Waals surface area contributed by atoms with Crippen molar-refractivity contribution in [3.8, 4) is 0 Å². The number of nitrogens with one attached hydrogen (secondary N) is 1. The molecule has 3 nitrogen and oxygen atoms in total. The van der Waals surface area contributed by atoms with E-state index in [2.05, 4.69) is 17.9 Å². The van der Waals surface area contributed by atoms with Crippen molar-refractivity contribution < 1.29 is 9.53 Å². The highest BCUT2D eigenvalue weighted by Gasteiger charge is 2.08. The largest absolute Gasteiger partial charge is 0.380 e. The van der Waals surface area contributed by atoms with Gasteiger partial charge in [0.25, 0.3) is 5.91 Å². The lowest BCUT2D eigenvalue weighted by atomic mass is 10.2. The van der Waals surface area contributed by atoms with Crippen LogP contribution >= 0.6 is 24.0 Å². The fraction of sp³-hybridized carbons (Fsp3) is 0.154. The number of rotatable bonds is 4. The zero-order valence-electron chi connectivity index (χ0n) is 9.84. The molecule has 0 bridgehead atoms. The first kappa shape index (κ1) is 13.1. The minimum absolute atomic E-state index is 0.116. The maximum atomic E-state index is 11.9. The molecular formula is C13H13NO2S2. The van der Waals surface area contributed by atoms with Gasteiger partial charge in [-0.05, 0) is 23.8 Å². The Hall–Kier alpha value is -1.30. The van der Waals surface area contributed by atoms with Crippen LogP contribution in [0, 0.1) is 0 Å². The van der Waals surface area contributed by atoms with Gasteiger partial charge < -0.3 is 10.1 Å². The first-order valence-electron chi connectivity index (χ1n) is 5.36. The van der Waals surface area contributed by atoms with Crippen molar-refractivity contribution in [3.63, 3.8) is 0 Å². The van der Waals surface area contributed by atoms with E-state index in [1.807, 2.05) is 29.6 Å². The number of methoxy groups -OCH3 is 1. The Morgan fingerprint density at radius 1 is 1.44 bits per heavy atom. The summed E-state index contributed by atoms with van der Waals surface area (Å²) in [6, 6.07) is 9.35. The van der Waals surface area contributed by atoms with E-state index in [9.17, 15) is 4.79 Å². The van der Waals surface area contributed by atoms with Crippen molar-refractivity contribution in [2.75, 3.05) is 12.4 Å². The molecule has 0 saturated heterocycles. The minimum Gasteiger partial charge on any atom is -0.380 e. The van der Waals surface area contributed by atoms with Gasteiger partial charge in [0.2, 0.25) is 0 Å². The monoisotopic (exact) mass is 279 g/mol. The first-order chi connectivity index (χ1) is 8.69. The number of hydrogen-bond donors (Lipinski definition) is 2. The maximum Gasteiger partial charge on any atom is 0.265 e. The fourth-order valence-electron chi connectivity index (χ4n) is 1.54. The summed E-state index contributed by atoms with van der Waals surface area (Å²) in [6.45, 7) is 0.531. The first-order valence-corrected chi connectivity index (χ1v) is 6.68. The molecule has 0 unspecified atom stereocenters. The highest BCUT2D eigenvalue weighted by atomic mass is 32.1. The lowest BCUT2D eigenvalue weighted by Crippen LogP contribution is -2.10. The zero-order valence-corrected chi connectivity index (χ0v) is 11.6. The summed E-state index contributed by atoms with van der Waals surface area (Å²) in [5.74, 6) is -0.116. The second-order valence-corrected chi connectivity index (χ2v) is 5.18. The van der Waals surface area contributed by atoms with Crippen molar-refractivity contribution in [1.82, 2.24) is 0 Å². The molecule has 5 heteroatoms. The normalized spacial score (nSPS) is 10.3. The Balaban J connectivity index is 2.09. The van der Waals surface area contributed by atoms with Crippen LogP contribution in [-0.2, 0) is 11.3 Å². The molecule has 0 atom stereocenters. The maximum absolute atomic E-state index is 11.9. The van der Waals surface area contributed by atoms with Gasteiger partial charge in [0.1, 0.15) is 0 Å². The third-order valence-electron chi connectivity index (χ3n) is 2.31. The lowest BCUT2D eigenvalue weighted by Gasteiger charge is -2.06. The zero-order chi connectivity index (χ0) is 13.0. The van der Waals surface area contributed by atoms with E-state index < -0.39 is 0 Å². The van der Waals surface area contributed by atoms with Crippen LogP contribution < -0.4 is 5.32 Å². The summed E-state index contributed by atoms with van der Waals surface area (Å²) in [7, 11) is 1.64. The molecule has 1 N–H and O–H groups in total. The number of thiophene rings is 1. The third-order valence-corrected chi connectivity index (χ3v) is 3.67. The molecule has 2 rings (SSSR count).